The summed E-state index contributed by atoms with van der Waals surface area (Å²) in [6.07, 6.45) is 0.186. The third-order valence-electron chi connectivity index (χ3n) is 2.76. The Morgan fingerprint density at radius 1 is 1.25 bits per heavy atom. The number of amides is 1. The van der Waals surface area contributed by atoms with E-state index >= 15 is 0 Å². The number of carbonyl (C=O) groups is 2. The minimum absolute atomic E-state index is 0.0570. The molecule has 0 heterocycles. The van der Waals surface area contributed by atoms with Crippen LogP contribution in [0.15, 0.2) is 22.7 Å². The van der Waals surface area contributed by atoms with Gasteiger partial charge in [-0.3, -0.25) is 4.79 Å². The number of nitrogens with one attached hydrogen (secondary N) is 1. The van der Waals surface area contributed by atoms with E-state index in [0.717, 1.165) is 0 Å². The molecule has 1 aromatic carbocycles. The summed E-state index contributed by atoms with van der Waals surface area (Å²) in [6.45, 7) is 4.06. The molecule has 1 amide bonds. The van der Waals surface area contributed by atoms with E-state index in [2.05, 4.69) is 21.2 Å². The molecular formula is C14H18BrNO4. The molecule has 2 atom stereocenters. The molecule has 0 aromatic heterocycles. The molecule has 1 aromatic rings. The van der Waals surface area contributed by atoms with Crippen molar-refractivity contribution in [2.45, 2.75) is 26.4 Å². The number of rotatable bonds is 6. The van der Waals surface area contributed by atoms with Gasteiger partial charge in [0.25, 0.3) is 5.91 Å². The molecule has 0 saturated carbocycles. The lowest BCUT2D eigenvalue weighted by atomic mass is 10.0. The van der Waals surface area contributed by atoms with E-state index in [0.29, 0.717) is 23.0 Å². The second-order valence-electron chi connectivity index (χ2n) is 4.93. The average molecular weight is 344 g/mol. The van der Waals surface area contributed by atoms with E-state index < -0.39 is 12.1 Å². The molecule has 110 valence electrons. The van der Waals surface area contributed by atoms with Crippen LogP contribution in [0.3, 0.4) is 0 Å². The maximum atomic E-state index is 12.0. The molecule has 0 radical (unpaired) electrons. The van der Waals surface area contributed by atoms with Crippen molar-refractivity contribution < 1.29 is 19.8 Å². The lowest BCUT2D eigenvalue weighted by molar-refractivity contribution is 0.0696. The molecule has 0 saturated heterocycles. The zero-order valence-electron chi connectivity index (χ0n) is 11.4. The summed E-state index contributed by atoms with van der Waals surface area (Å²) in [6, 6.07) is 4.35. The molecule has 0 spiro atoms. The highest BCUT2D eigenvalue weighted by atomic mass is 79.9. The van der Waals surface area contributed by atoms with Gasteiger partial charge in [-0.25, -0.2) is 4.79 Å². The summed E-state index contributed by atoms with van der Waals surface area (Å²) in [5, 5.41) is 20.9. The lowest BCUT2D eigenvalue weighted by Gasteiger charge is -2.14. The molecule has 0 aliphatic heterocycles. The average Bonchev–Trinajstić information content (AvgIpc) is 2.34. The van der Waals surface area contributed by atoms with Crippen LogP contribution in [0.25, 0.3) is 0 Å². The Morgan fingerprint density at radius 2 is 1.85 bits per heavy atom. The van der Waals surface area contributed by atoms with Crippen molar-refractivity contribution in [3.63, 3.8) is 0 Å². The van der Waals surface area contributed by atoms with Crippen molar-refractivity contribution in [3.8, 4) is 0 Å². The Morgan fingerprint density at radius 3 is 2.40 bits per heavy atom. The van der Waals surface area contributed by atoms with Gasteiger partial charge < -0.3 is 15.5 Å². The van der Waals surface area contributed by atoms with Gasteiger partial charge in [-0.05, 0) is 37.5 Å². The zero-order valence-corrected chi connectivity index (χ0v) is 13.0. The normalized spacial score (nSPS) is 13.6. The first-order chi connectivity index (χ1) is 9.29. The van der Waals surface area contributed by atoms with Gasteiger partial charge >= 0.3 is 5.97 Å². The van der Waals surface area contributed by atoms with E-state index in [1.54, 1.807) is 13.0 Å². The van der Waals surface area contributed by atoms with E-state index in [9.17, 15) is 14.7 Å². The SMILES string of the molecule is CC(O)CC(C)CNC(=O)c1cc(Br)cc(C(=O)O)c1. The lowest BCUT2D eigenvalue weighted by Crippen LogP contribution is -2.29. The van der Waals surface area contributed by atoms with E-state index in [1.165, 1.54) is 12.1 Å². The molecule has 5 nitrogen and oxygen atoms in total. The number of carboxylic acids is 1. The standard InChI is InChI=1S/C14H18BrNO4/c1-8(3-9(2)17)7-16-13(18)10-4-11(14(19)20)6-12(15)5-10/h4-6,8-9,17H,3,7H2,1-2H3,(H,16,18)(H,19,20). The molecular weight excluding hydrogens is 326 g/mol. The number of benzene rings is 1. The third kappa shape index (κ3) is 5.30. The molecule has 20 heavy (non-hydrogen) atoms. The van der Waals surface area contributed by atoms with Crippen molar-refractivity contribution in [1.82, 2.24) is 5.32 Å². The Labute approximate surface area is 126 Å². The number of hydrogen-bond donors (Lipinski definition) is 3. The second-order valence-corrected chi connectivity index (χ2v) is 5.85. The third-order valence-corrected chi connectivity index (χ3v) is 3.22. The van der Waals surface area contributed by atoms with Crippen molar-refractivity contribution in [2.24, 2.45) is 5.92 Å². The van der Waals surface area contributed by atoms with Crippen LogP contribution in [0.4, 0.5) is 0 Å². The van der Waals surface area contributed by atoms with Crippen molar-refractivity contribution in [2.75, 3.05) is 6.54 Å². The highest BCUT2D eigenvalue weighted by Crippen LogP contribution is 2.16. The molecule has 0 fully saturated rings. The van der Waals surface area contributed by atoms with Gasteiger partial charge in [0, 0.05) is 16.6 Å². The van der Waals surface area contributed by atoms with Gasteiger partial charge in [0.15, 0.2) is 0 Å². The van der Waals surface area contributed by atoms with Crippen LogP contribution in [0.1, 0.15) is 41.0 Å². The van der Waals surface area contributed by atoms with Crippen LogP contribution in [0.5, 0.6) is 0 Å². The summed E-state index contributed by atoms with van der Waals surface area (Å²) < 4.78 is 0.541. The summed E-state index contributed by atoms with van der Waals surface area (Å²) >= 11 is 3.19. The number of aliphatic hydroxyl groups excluding tert-OH is 1. The minimum Gasteiger partial charge on any atom is -0.478 e. The summed E-state index contributed by atoms with van der Waals surface area (Å²) in [7, 11) is 0. The summed E-state index contributed by atoms with van der Waals surface area (Å²) in [5.74, 6) is -1.26. The Kier molecular flexibility index (Phi) is 6.16. The summed E-state index contributed by atoms with van der Waals surface area (Å²) in [5.41, 5.74) is 0.350. The van der Waals surface area contributed by atoms with Crippen LogP contribution >= 0.6 is 15.9 Å². The Bertz CT molecular complexity index is 502. The van der Waals surface area contributed by atoms with Gasteiger partial charge in [-0.15, -0.1) is 0 Å². The van der Waals surface area contributed by atoms with Gasteiger partial charge in [0.05, 0.1) is 11.7 Å². The van der Waals surface area contributed by atoms with Crippen molar-refractivity contribution >= 4 is 27.8 Å². The second kappa shape index (κ2) is 7.40. The fraction of sp³-hybridized carbons (Fsp3) is 0.429. The number of halogens is 1. The Hall–Kier alpha value is -1.40. The van der Waals surface area contributed by atoms with Gasteiger partial charge in [-0.1, -0.05) is 22.9 Å². The quantitative estimate of drug-likeness (QED) is 0.739. The zero-order chi connectivity index (χ0) is 15.3. The fourth-order valence-corrected chi connectivity index (χ4v) is 2.37. The predicted molar refractivity (Wildman–Crippen MR) is 78.9 cm³/mol. The maximum Gasteiger partial charge on any atom is 0.335 e. The van der Waals surface area contributed by atoms with Gasteiger partial charge in [0.1, 0.15) is 0 Å². The molecule has 0 aliphatic carbocycles. The Balaban J connectivity index is 2.70. The maximum absolute atomic E-state index is 12.0. The number of aliphatic hydroxyl groups is 1. The fourth-order valence-electron chi connectivity index (χ4n) is 1.88. The van der Waals surface area contributed by atoms with Crippen LogP contribution < -0.4 is 5.32 Å². The first-order valence-electron chi connectivity index (χ1n) is 6.29. The molecule has 6 heteroatoms. The molecule has 3 N–H and O–H groups in total. The molecule has 0 aliphatic rings. The van der Waals surface area contributed by atoms with Gasteiger partial charge in [-0.2, -0.15) is 0 Å². The largest absolute Gasteiger partial charge is 0.478 e. The number of carbonyl (C=O) groups excluding carboxylic acids is 1. The van der Waals surface area contributed by atoms with Crippen LogP contribution in [0.2, 0.25) is 0 Å². The molecule has 2 unspecified atom stereocenters. The topological polar surface area (TPSA) is 86.6 Å². The minimum atomic E-state index is -1.08. The van der Waals surface area contributed by atoms with Crippen LogP contribution in [-0.4, -0.2) is 34.7 Å². The van der Waals surface area contributed by atoms with Crippen LogP contribution in [0, 0.1) is 5.92 Å². The number of hydrogen-bond acceptors (Lipinski definition) is 3. The van der Waals surface area contributed by atoms with Crippen LogP contribution in [-0.2, 0) is 0 Å². The van der Waals surface area contributed by atoms with Crippen molar-refractivity contribution in [1.29, 1.82) is 0 Å². The molecule has 0 bridgehead atoms. The van der Waals surface area contributed by atoms with Crippen molar-refractivity contribution in [3.05, 3.63) is 33.8 Å². The van der Waals surface area contributed by atoms with E-state index in [-0.39, 0.29) is 17.4 Å². The highest BCUT2D eigenvalue weighted by Gasteiger charge is 2.13. The number of aromatic carboxylic acids is 1. The van der Waals surface area contributed by atoms with E-state index in [1.807, 2.05) is 6.92 Å². The first kappa shape index (κ1) is 16.7. The summed E-state index contributed by atoms with van der Waals surface area (Å²) in [4.78, 5) is 22.9. The highest BCUT2D eigenvalue weighted by molar-refractivity contribution is 9.10. The monoisotopic (exact) mass is 343 g/mol. The van der Waals surface area contributed by atoms with E-state index in [4.69, 9.17) is 5.11 Å². The smallest absolute Gasteiger partial charge is 0.335 e. The number of carboxylic acid groups (broad SMARTS) is 1. The molecule has 1 rings (SSSR count). The van der Waals surface area contributed by atoms with Gasteiger partial charge in [0.2, 0.25) is 0 Å². The predicted octanol–water partition coefficient (Wildman–Crippen LogP) is 2.28. The first-order valence-corrected chi connectivity index (χ1v) is 7.09.